The smallest absolute Gasteiger partial charge is 0.136 e. The summed E-state index contributed by atoms with van der Waals surface area (Å²) in [5.41, 5.74) is 2.05. The van der Waals surface area contributed by atoms with E-state index in [1.807, 2.05) is 76.2 Å². The number of rotatable bonds is 11. The first-order valence-electron chi connectivity index (χ1n) is 9.71. The molecule has 28 heavy (non-hydrogen) atoms. The highest BCUT2D eigenvalue weighted by atomic mass is 32.2. The van der Waals surface area contributed by atoms with Crippen LogP contribution in [-0.2, 0) is 33.9 Å². The average Bonchev–Trinajstić information content (AvgIpc) is 2.67. The van der Waals surface area contributed by atoms with Crippen molar-refractivity contribution in [3.8, 4) is 0 Å². The summed E-state index contributed by atoms with van der Waals surface area (Å²) >= 11 is -1.22. The minimum absolute atomic E-state index is 0.175. The topological polar surface area (TPSA) is 66.4 Å². The number of hydrogen-bond donors (Lipinski definition) is 1. The molecule has 1 unspecified atom stereocenters. The fourth-order valence-electron chi connectivity index (χ4n) is 2.67. The van der Waals surface area contributed by atoms with E-state index in [9.17, 15) is 4.55 Å². The van der Waals surface area contributed by atoms with Crippen LogP contribution in [0, 0.1) is 0 Å². The predicted molar refractivity (Wildman–Crippen MR) is 114 cm³/mol. The lowest BCUT2D eigenvalue weighted by Crippen LogP contribution is -2.52. The van der Waals surface area contributed by atoms with Gasteiger partial charge in [0.25, 0.3) is 0 Å². The van der Waals surface area contributed by atoms with Crippen molar-refractivity contribution in [2.24, 2.45) is 0 Å². The number of aromatic nitrogens is 1. The molecule has 0 bridgehead atoms. The SMILES string of the molecule is CCO[C@H](COCc1ccccc1)[C@@H](Cc1ccccn1)N[S+]([O-])C(C)(C)C. The van der Waals surface area contributed by atoms with Gasteiger partial charge in [-0.15, -0.1) is 4.72 Å². The van der Waals surface area contributed by atoms with Crippen LogP contribution >= 0.6 is 0 Å². The van der Waals surface area contributed by atoms with Crippen LogP contribution in [0.25, 0.3) is 0 Å². The maximum Gasteiger partial charge on any atom is 0.136 e. The van der Waals surface area contributed by atoms with Crippen LogP contribution in [0.15, 0.2) is 54.7 Å². The van der Waals surface area contributed by atoms with Gasteiger partial charge in [-0.3, -0.25) is 4.98 Å². The molecule has 1 aromatic carbocycles. The van der Waals surface area contributed by atoms with Crippen molar-refractivity contribution in [3.63, 3.8) is 0 Å². The van der Waals surface area contributed by atoms with Crippen LogP contribution in [0.4, 0.5) is 0 Å². The van der Waals surface area contributed by atoms with E-state index >= 15 is 0 Å². The lowest BCUT2D eigenvalue weighted by Gasteiger charge is -2.32. The maximum atomic E-state index is 12.8. The minimum atomic E-state index is -1.22. The maximum absolute atomic E-state index is 12.8. The van der Waals surface area contributed by atoms with E-state index in [2.05, 4.69) is 9.71 Å². The number of nitrogens with zero attached hydrogens (tertiary/aromatic N) is 1. The molecule has 2 rings (SSSR count). The van der Waals surface area contributed by atoms with Crippen molar-refractivity contribution in [2.45, 2.75) is 57.6 Å². The standard InChI is InChI=1S/C22H32N2O3S/c1-5-27-21(17-26-16-18-11-7-6-8-12-18)20(24-28(25)22(2,3)4)15-19-13-9-10-14-23-19/h6-14,20-21,24H,5,15-17H2,1-4H3/t20-,21-,28?/m1/s1. The second kappa shape index (κ2) is 11.5. The number of pyridine rings is 1. The van der Waals surface area contributed by atoms with Gasteiger partial charge >= 0.3 is 0 Å². The summed E-state index contributed by atoms with van der Waals surface area (Å²) in [5, 5.41) is 0. The highest BCUT2D eigenvalue weighted by molar-refractivity contribution is 7.90. The van der Waals surface area contributed by atoms with Gasteiger partial charge in [-0.25, -0.2) is 0 Å². The molecule has 0 fully saturated rings. The molecule has 1 aromatic heterocycles. The quantitative estimate of drug-likeness (QED) is 0.579. The Morgan fingerprint density at radius 3 is 2.43 bits per heavy atom. The fraction of sp³-hybridized carbons (Fsp3) is 0.500. The first-order valence-corrected chi connectivity index (χ1v) is 10.9. The van der Waals surface area contributed by atoms with Crippen molar-refractivity contribution in [1.82, 2.24) is 9.71 Å². The van der Waals surface area contributed by atoms with Crippen molar-refractivity contribution in [1.29, 1.82) is 0 Å². The molecule has 2 aromatic rings. The van der Waals surface area contributed by atoms with Gasteiger partial charge in [0.05, 0.1) is 19.3 Å². The van der Waals surface area contributed by atoms with Crippen molar-refractivity contribution in [3.05, 3.63) is 66.0 Å². The highest BCUT2D eigenvalue weighted by Crippen LogP contribution is 2.17. The van der Waals surface area contributed by atoms with E-state index in [0.717, 1.165) is 11.3 Å². The third kappa shape index (κ3) is 7.89. The van der Waals surface area contributed by atoms with Crippen molar-refractivity contribution in [2.75, 3.05) is 13.2 Å². The van der Waals surface area contributed by atoms with Crippen molar-refractivity contribution < 1.29 is 14.0 Å². The molecule has 0 spiro atoms. The van der Waals surface area contributed by atoms with E-state index in [1.165, 1.54) is 0 Å². The second-order valence-electron chi connectivity index (χ2n) is 7.63. The zero-order valence-corrected chi connectivity index (χ0v) is 18.1. The summed E-state index contributed by atoms with van der Waals surface area (Å²) in [4.78, 5) is 4.42. The second-order valence-corrected chi connectivity index (χ2v) is 9.62. The van der Waals surface area contributed by atoms with Gasteiger partial charge in [0.1, 0.15) is 10.9 Å². The van der Waals surface area contributed by atoms with Crippen LogP contribution in [0.5, 0.6) is 0 Å². The molecule has 6 heteroatoms. The predicted octanol–water partition coefficient (Wildman–Crippen LogP) is 3.67. The molecular formula is C22H32N2O3S. The summed E-state index contributed by atoms with van der Waals surface area (Å²) in [5.74, 6) is 0. The summed E-state index contributed by atoms with van der Waals surface area (Å²) < 4.78 is 27.6. The normalized spacial score (nSPS) is 15.2. The molecule has 154 valence electrons. The molecule has 0 saturated carbocycles. The Morgan fingerprint density at radius 1 is 1.11 bits per heavy atom. The lowest BCUT2D eigenvalue weighted by atomic mass is 10.1. The Labute approximate surface area is 172 Å². The minimum Gasteiger partial charge on any atom is -0.598 e. The van der Waals surface area contributed by atoms with E-state index < -0.39 is 11.4 Å². The molecule has 0 radical (unpaired) electrons. The molecular weight excluding hydrogens is 372 g/mol. The molecule has 0 aliphatic rings. The number of hydrogen-bond acceptors (Lipinski definition) is 5. The number of nitrogens with one attached hydrogen (secondary N) is 1. The third-order valence-electron chi connectivity index (χ3n) is 4.19. The van der Waals surface area contributed by atoms with Gasteiger partial charge in [-0.05, 0) is 45.4 Å². The summed E-state index contributed by atoms with van der Waals surface area (Å²) in [6, 6.07) is 15.7. The molecule has 0 saturated heterocycles. The molecule has 0 aliphatic carbocycles. The lowest BCUT2D eigenvalue weighted by molar-refractivity contribution is -0.0319. The van der Waals surface area contributed by atoms with Crippen molar-refractivity contribution >= 4 is 11.4 Å². The van der Waals surface area contributed by atoms with Gasteiger partial charge in [0.15, 0.2) is 0 Å². The van der Waals surface area contributed by atoms with E-state index in [1.54, 1.807) is 6.20 Å². The Hall–Kier alpha value is -1.44. The van der Waals surface area contributed by atoms with Crippen LogP contribution in [0.2, 0.25) is 0 Å². The van der Waals surface area contributed by atoms with Crippen LogP contribution in [0.1, 0.15) is 39.0 Å². The average molecular weight is 405 g/mol. The zero-order valence-electron chi connectivity index (χ0n) is 17.3. The van der Waals surface area contributed by atoms with Gasteiger partial charge < -0.3 is 14.0 Å². The van der Waals surface area contributed by atoms with Crippen LogP contribution in [0.3, 0.4) is 0 Å². The third-order valence-corrected chi connectivity index (χ3v) is 5.82. The number of benzene rings is 1. The summed E-state index contributed by atoms with van der Waals surface area (Å²) in [6.45, 7) is 9.31. The molecule has 1 N–H and O–H groups in total. The van der Waals surface area contributed by atoms with E-state index in [0.29, 0.717) is 26.2 Å². The molecule has 3 atom stereocenters. The van der Waals surface area contributed by atoms with Gasteiger partial charge in [-0.2, -0.15) is 0 Å². The van der Waals surface area contributed by atoms with Gasteiger partial charge in [0, 0.05) is 36.3 Å². The van der Waals surface area contributed by atoms with Gasteiger partial charge in [0.2, 0.25) is 0 Å². The Bertz CT molecular complexity index is 664. The largest absolute Gasteiger partial charge is 0.598 e. The van der Waals surface area contributed by atoms with E-state index in [-0.39, 0.29) is 16.9 Å². The Kier molecular flexibility index (Phi) is 9.41. The number of ether oxygens (including phenoxy) is 2. The molecule has 0 aliphatic heterocycles. The first-order chi connectivity index (χ1) is 13.4. The summed E-state index contributed by atoms with van der Waals surface area (Å²) in [6.07, 6.45) is 2.15. The van der Waals surface area contributed by atoms with E-state index in [4.69, 9.17) is 9.47 Å². The Morgan fingerprint density at radius 2 is 1.82 bits per heavy atom. The monoisotopic (exact) mass is 404 g/mol. The van der Waals surface area contributed by atoms with Crippen LogP contribution < -0.4 is 4.72 Å². The summed E-state index contributed by atoms with van der Waals surface area (Å²) in [7, 11) is 0. The highest BCUT2D eigenvalue weighted by Gasteiger charge is 2.33. The Balaban J connectivity index is 2.07. The van der Waals surface area contributed by atoms with Gasteiger partial charge in [-0.1, -0.05) is 36.4 Å². The molecule has 5 nitrogen and oxygen atoms in total. The molecule has 0 amide bonds. The first kappa shape index (κ1) is 22.8. The molecule has 1 heterocycles. The zero-order chi connectivity index (χ0) is 20.4. The van der Waals surface area contributed by atoms with Crippen LogP contribution in [-0.4, -0.2) is 39.6 Å². The fourth-order valence-corrected chi connectivity index (χ4v) is 3.53.